The molecule has 0 bridgehead atoms. The number of carbonyl (C=O) groups is 4. The Morgan fingerprint density at radius 3 is 1.83 bits per heavy atom. The number of aromatic nitrogens is 2. The Morgan fingerprint density at radius 2 is 1.21 bits per heavy atom. The van der Waals surface area contributed by atoms with Gasteiger partial charge in [0.2, 0.25) is 0 Å². The number of hydrogen-bond acceptors (Lipinski definition) is 7. The molecule has 0 spiro atoms. The maximum absolute atomic E-state index is 14.0. The standard InChI is InChI=1S/C38H32N6O4/c1-4-32(41-22(3)44-35(45)27-13-7-11-25-24-10-6-5-9-23(24)19-30(33(25)27)38(44)48)40-21(2)43-36(46)28-14-8-12-26-31(42-18-17-39-20-42)16-15-29(34(26)28)37(43)47/h5-22,32,40-41H,4H2,1-3H3. The van der Waals surface area contributed by atoms with Crippen molar-refractivity contribution >= 4 is 55.9 Å². The van der Waals surface area contributed by atoms with Crippen LogP contribution >= 0.6 is 0 Å². The normalized spacial score (nSPS) is 16.3. The van der Waals surface area contributed by atoms with Gasteiger partial charge in [-0.3, -0.25) is 39.6 Å². The van der Waals surface area contributed by atoms with Crippen LogP contribution in [0.15, 0.2) is 97.6 Å². The highest BCUT2D eigenvalue weighted by Gasteiger charge is 2.39. The third kappa shape index (κ3) is 4.37. The molecule has 48 heavy (non-hydrogen) atoms. The maximum atomic E-state index is 14.0. The molecule has 2 N–H and O–H groups in total. The second-order valence-electron chi connectivity index (χ2n) is 12.3. The molecule has 10 heteroatoms. The van der Waals surface area contributed by atoms with Crippen LogP contribution in [0.4, 0.5) is 0 Å². The number of fused-ring (bicyclic) bond motifs is 2. The largest absolute Gasteiger partial charge is 0.306 e. The summed E-state index contributed by atoms with van der Waals surface area (Å²) in [5.74, 6) is -1.56. The van der Waals surface area contributed by atoms with E-state index < -0.39 is 30.3 Å². The van der Waals surface area contributed by atoms with E-state index in [-0.39, 0.29) is 11.8 Å². The molecular formula is C38H32N6O4. The molecule has 3 atom stereocenters. The van der Waals surface area contributed by atoms with E-state index >= 15 is 0 Å². The van der Waals surface area contributed by atoms with Crippen LogP contribution in [0.2, 0.25) is 0 Å². The maximum Gasteiger partial charge on any atom is 0.262 e. The summed E-state index contributed by atoms with van der Waals surface area (Å²) >= 11 is 0. The Kier molecular flexibility index (Phi) is 6.94. The highest BCUT2D eigenvalue weighted by atomic mass is 16.2. The van der Waals surface area contributed by atoms with Gasteiger partial charge in [-0.1, -0.05) is 55.5 Å². The molecule has 5 aromatic carbocycles. The molecule has 0 aliphatic carbocycles. The number of imide groups is 2. The lowest BCUT2D eigenvalue weighted by molar-refractivity contribution is 0.0473. The second-order valence-corrected chi connectivity index (χ2v) is 12.3. The number of nitrogens with one attached hydrogen (secondary N) is 2. The first kappa shape index (κ1) is 29.7. The minimum Gasteiger partial charge on any atom is -0.306 e. The number of carbonyl (C=O) groups excluding carboxylic acids is 4. The van der Waals surface area contributed by atoms with Crippen molar-refractivity contribution in [3.8, 4) is 5.69 Å². The predicted molar refractivity (Wildman–Crippen MR) is 183 cm³/mol. The molecular weight excluding hydrogens is 604 g/mol. The van der Waals surface area contributed by atoms with Gasteiger partial charge in [-0.25, -0.2) is 4.98 Å². The zero-order valence-electron chi connectivity index (χ0n) is 26.6. The van der Waals surface area contributed by atoms with Crippen LogP contribution in [0.1, 0.15) is 68.6 Å². The monoisotopic (exact) mass is 636 g/mol. The summed E-state index contributed by atoms with van der Waals surface area (Å²) < 4.78 is 1.85. The molecule has 0 radical (unpaired) electrons. The Balaban J connectivity index is 1.05. The third-order valence-electron chi connectivity index (χ3n) is 9.55. The van der Waals surface area contributed by atoms with Gasteiger partial charge in [-0.15, -0.1) is 0 Å². The zero-order chi connectivity index (χ0) is 33.3. The summed E-state index contributed by atoms with van der Waals surface area (Å²) in [6.07, 6.45) is 3.86. The van der Waals surface area contributed by atoms with Gasteiger partial charge < -0.3 is 4.57 Å². The lowest BCUT2D eigenvalue weighted by Gasteiger charge is -2.38. The Labute approximate surface area is 275 Å². The Hall–Kier alpha value is -5.71. The van der Waals surface area contributed by atoms with Gasteiger partial charge in [0.1, 0.15) is 0 Å². The average Bonchev–Trinajstić information content (AvgIpc) is 3.64. The molecule has 1 aromatic heterocycles. The lowest BCUT2D eigenvalue weighted by atomic mass is 9.90. The lowest BCUT2D eigenvalue weighted by Crippen LogP contribution is -2.61. The van der Waals surface area contributed by atoms with Gasteiger partial charge in [0, 0.05) is 50.8 Å². The second kappa shape index (κ2) is 11.2. The van der Waals surface area contributed by atoms with E-state index in [2.05, 4.69) is 15.6 Å². The molecule has 6 aromatic rings. The number of imidazole rings is 1. The topological polar surface area (TPSA) is 117 Å². The van der Waals surface area contributed by atoms with Crippen LogP contribution in [0.25, 0.3) is 38.0 Å². The van der Waals surface area contributed by atoms with Crippen LogP contribution in [0, 0.1) is 0 Å². The minimum absolute atomic E-state index is 0.376. The van der Waals surface area contributed by atoms with Crippen molar-refractivity contribution in [1.29, 1.82) is 0 Å². The summed E-state index contributed by atoms with van der Waals surface area (Å²) in [6.45, 7) is 5.47. The number of hydrogen-bond donors (Lipinski definition) is 2. The fourth-order valence-corrected chi connectivity index (χ4v) is 7.31. The van der Waals surface area contributed by atoms with Crippen molar-refractivity contribution < 1.29 is 19.2 Å². The summed E-state index contributed by atoms with van der Waals surface area (Å²) in [7, 11) is 0. The van der Waals surface area contributed by atoms with Gasteiger partial charge in [-0.05, 0) is 66.8 Å². The van der Waals surface area contributed by atoms with Gasteiger partial charge >= 0.3 is 0 Å². The molecule has 2 aliphatic heterocycles. The number of rotatable bonds is 8. The van der Waals surface area contributed by atoms with Crippen LogP contribution in [0.5, 0.6) is 0 Å². The summed E-state index contributed by atoms with van der Waals surface area (Å²) in [4.78, 5) is 62.3. The van der Waals surface area contributed by atoms with Gasteiger partial charge in [0.15, 0.2) is 0 Å². The van der Waals surface area contributed by atoms with E-state index in [1.807, 2.05) is 78.4 Å². The summed E-state index contributed by atoms with van der Waals surface area (Å²) in [5.41, 5.74) is 2.67. The van der Waals surface area contributed by atoms with E-state index in [0.717, 1.165) is 27.2 Å². The van der Waals surface area contributed by atoms with Crippen LogP contribution in [0.3, 0.4) is 0 Å². The Bertz CT molecular complexity index is 2310. The summed E-state index contributed by atoms with van der Waals surface area (Å²) in [6, 6.07) is 24.3. The predicted octanol–water partition coefficient (Wildman–Crippen LogP) is 5.83. The highest BCUT2D eigenvalue weighted by molar-refractivity contribution is 6.29. The van der Waals surface area contributed by atoms with E-state index in [1.54, 1.807) is 44.6 Å². The number of amides is 4. The van der Waals surface area contributed by atoms with Crippen molar-refractivity contribution in [2.45, 2.75) is 45.7 Å². The Morgan fingerprint density at radius 1 is 0.646 bits per heavy atom. The fourth-order valence-electron chi connectivity index (χ4n) is 7.31. The fraction of sp³-hybridized carbons (Fsp3) is 0.184. The van der Waals surface area contributed by atoms with E-state index in [0.29, 0.717) is 39.4 Å². The average molecular weight is 637 g/mol. The van der Waals surface area contributed by atoms with Gasteiger partial charge in [0.05, 0.1) is 30.5 Å². The molecule has 0 fully saturated rings. The first-order valence-corrected chi connectivity index (χ1v) is 16.0. The molecule has 0 saturated heterocycles. The van der Waals surface area contributed by atoms with Crippen molar-refractivity contribution in [3.05, 3.63) is 120 Å². The molecule has 0 saturated carbocycles. The molecule has 3 unspecified atom stereocenters. The first-order valence-electron chi connectivity index (χ1n) is 16.0. The third-order valence-corrected chi connectivity index (χ3v) is 9.55. The summed E-state index contributed by atoms with van der Waals surface area (Å²) in [5, 5.41) is 11.6. The quantitative estimate of drug-likeness (QED) is 0.123. The molecule has 8 rings (SSSR count). The molecule has 4 amide bonds. The highest BCUT2D eigenvalue weighted by Crippen LogP contribution is 2.37. The molecule has 238 valence electrons. The number of nitrogens with zero attached hydrogens (tertiary/aromatic N) is 4. The van der Waals surface area contributed by atoms with Gasteiger partial charge in [0.25, 0.3) is 23.6 Å². The minimum atomic E-state index is -0.708. The van der Waals surface area contributed by atoms with E-state index in [9.17, 15) is 19.2 Å². The van der Waals surface area contributed by atoms with Crippen LogP contribution in [-0.4, -0.2) is 61.5 Å². The van der Waals surface area contributed by atoms with Crippen molar-refractivity contribution in [2.24, 2.45) is 0 Å². The van der Waals surface area contributed by atoms with Crippen molar-refractivity contribution in [2.75, 3.05) is 0 Å². The smallest absolute Gasteiger partial charge is 0.262 e. The van der Waals surface area contributed by atoms with E-state index in [1.165, 1.54) is 9.80 Å². The molecule has 10 nitrogen and oxygen atoms in total. The first-order chi connectivity index (χ1) is 23.3. The molecule has 2 aliphatic rings. The van der Waals surface area contributed by atoms with Gasteiger partial charge in [-0.2, -0.15) is 0 Å². The van der Waals surface area contributed by atoms with Crippen LogP contribution < -0.4 is 10.6 Å². The van der Waals surface area contributed by atoms with Crippen molar-refractivity contribution in [1.82, 2.24) is 30.0 Å². The van der Waals surface area contributed by atoms with Crippen molar-refractivity contribution in [3.63, 3.8) is 0 Å². The molecule has 3 heterocycles. The zero-order valence-corrected chi connectivity index (χ0v) is 26.6. The van der Waals surface area contributed by atoms with E-state index in [4.69, 9.17) is 0 Å². The SMILES string of the molecule is CCC(NC(C)N1C(=O)c2cccc3c(-n4ccnc4)ccc(c23)C1=O)NC(C)N1C(=O)c2cccc3c2c(cc2ccccc23)C1=O. The van der Waals surface area contributed by atoms with Crippen LogP contribution in [-0.2, 0) is 0 Å². The number of benzene rings is 5.